The average Bonchev–Trinajstić information content (AvgIpc) is 3.16. The van der Waals surface area contributed by atoms with Gasteiger partial charge in [-0.3, -0.25) is 14.5 Å². The standard InChI is InChI=1S/C16H21N5O/c1-3-21-11-14(7-18-21)16-9-17-8-15(19-16)6-13-4-5-20(10-13)12(2)22/h7-9,11,13H,3-6,10H2,1-2H3. The number of rotatable bonds is 4. The van der Waals surface area contributed by atoms with E-state index in [9.17, 15) is 4.79 Å². The van der Waals surface area contributed by atoms with Crippen molar-refractivity contribution in [2.24, 2.45) is 5.92 Å². The summed E-state index contributed by atoms with van der Waals surface area (Å²) in [4.78, 5) is 22.3. The lowest BCUT2D eigenvalue weighted by atomic mass is 10.0. The molecule has 1 atom stereocenters. The molecule has 0 aliphatic carbocycles. The fourth-order valence-electron chi connectivity index (χ4n) is 2.89. The molecule has 1 aliphatic rings. The predicted molar refractivity (Wildman–Crippen MR) is 83.0 cm³/mol. The maximum atomic E-state index is 11.4. The molecule has 0 aromatic carbocycles. The van der Waals surface area contributed by atoms with Crippen molar-refractivity contribution >= 4 is 5.91 Å². The van der Waals surface area contributed by atoms with Crippen LogP contribution in [0.25, 0.3) is 11.3 Å². The zero-order chi connectivity index (χ0) is 15.5. The molecule has 1 amide bonds. The lowest BCUT2D eigenvalue weighted by Crippen LogP contribution is -2.26. The summed E-state index contributed by atoms with van der Waals surface area (Å²) in [6.07, 6.45) is 9.32. The molecular weight excluding hydrogens is 278 g/mol. The van der Waals surface area contributed by atoms with Gasteiger partial charge in [0.05, 0.1) is 23.8 Å². The molecule has 2 aromatic heterocycles. The number of likely N-dealkylation sites (tertiary alicyclic amines) is 1. The minimum atomic E-state index is 0.161. The molecule has 3 rings (SSSR count). The van der Waals surface area contributed by atoms with Gasteiger partial charge in [0.15, 0.2) is 0 Å². The molecule has 116 valence electrons. The van der Waals surface area contributed by atoms with Crippen LogP contribution in [-0.4, -0.2) is 43.6 Å². The van der Waals surface area contributed by atoms with E-state index in [2.05, 4.69) is 17.0 Å². The van der Waals surface area contributed by atoms with Gasteiger partial charge >= 0.3 is 0 Å². The smallest absolute Gasteiger partial charge is 0.219 e. The molecule has 3 heterocycles. The van der Waals surface area contributed by atoms with Gasteiger partial charge in [0.1, 0.15) is 0 Å². The van der Waals surface area contributed by atoms with E-state index in [-0.39, 0.29) is 5.91 Å². The fourth-order valence-corrected chi connectivity index (χ4v) is 2.89. The lowest BCUT2D eigenvalue weighted by Gasteiger charge is -2.13. The highest BCUT2D eigenvalue weighted by Gasteiger charge is 2.24. The van der Waals surface area contributed by atoms with Crippen molar-refractivity contribution in [3.63, 3.8) is 0 Å². The maximum Gasteiger partial charge on any atom is 0.219 e. The van der Waals surface area contributed by atoms with Crippen molar-refractivity contribution in [2.45, 2.75) is 33.2 Å². The lowest BCUT2D eigenvalue weighted by molar-refractivity contribution is -0.127. The summed E-state index contributed by atoms with van der Waals surface area (Å²) in [6.45, 7) is 6.22. The second kappa shape index (κ2) is 6.25. The second-order valence-corrected chi connectivity index (χ2v) is 5.80. The highest BCUT2D eigenvalue weighted by Crippen LogP contribution is 2.21. The number of carbonyl (C=O) groups is 1. The summed E-state index contributed by atoms with van der Waals surface area (Å²) < 4.78 is 1.88. The Morgan fingerprint density at radius 2 is 2.23 bits per heavy atom. The summed E-state index contributed by atoms with van der Waals surface area (Å²) in [6, 6.07) is 0. The first-order valence-corrected chi connectivity index (χ1v) is 7.75. The van der Waals surface area contributed by atoms with Gasteiger partial charge in [-0.25, -0.2) is 4.98 Å². The first-order chi connectivity index (χ1) is 10.7. The van der Waals surface area contributed by atoms with Gasteiger partial charge in [0.25, 0.3) is 0 Å². The second-order valence-electron chi connectivity index (χ2n) is 5.80. The molecule has 6 nitrogen and oxygen atoms in total. The number of nitrogens with zero attached hydrogens (tertiary/aromatic N) is 5. The summed E-state index contributed by atoms with van der Waals surface area (Å²) >= 11 is 0. The minimum absolute atomic E-state index is 0.161. The van der Waals surface area contributed by atoms with Crippen LogP contribution in [0.3, 0.4) is 0 Å². The molecule has 0 saturated carbocycles. The molecule has 0 N–H and O–H groups in total. The van der Waals surface area contributed by atoms with E-state index >= 15 is 0 Å². The summed E-state index contributed by atoms with van der Waals surface area (Å²) in [5.41, 5.74) is 2.84. The SMILES string of the molecule is CCn1cc(-c2cncc(CC3CCN(C(C)=O)C3)n2)cn1. The third-order valence-electron chi connectivity index (χ3n) is 4.17. The van der Waals surface area contributed by atoms with Crippen LogP contribution in [0.5, 0.6) is 0 Å². The Bertz CT molecular complexity index is 666. The zero-order valence-corrected chi connectivity index (χ0v) is 13.1. The average molecular weight is 299 g/mol. The van der Waals surface area contributed by atoms with Gasteiger partial charge in [0.2, 0.25) is 5.91 Å². The number of carbonyl (C=O) groups excluding carboxylic acids is 1. The van der Waals surface area contributed by atoms with Gasteiger partial charge < -0.3 is 4.90 Å². The zero-order valence-electron chi connectivity index (χ0n) is 13.1. The molecule has 6 heteroatoms. The highest BCUT2D eigenvalue weighted by atomic mass is 16.2. The molecular formula is C16H21N5O. The van der Waals surface area contributed by atoms with Crippen LogP contribution in [0, 0.1) is 5.92 Å². The predicted octanol–water partition coefficient (Wildman–Crippen LogP) is 1.77. The van der Waals surface area contributed by atoms with Gasteiger partial charge in [-0.05, 0) is 25.7 Å². The van der Waals surface area contributed by atoms with Gasteiger partial charge in [0, 0.05) is 44.5 Å². The summed E-state index contributed by atoms with van der Waals surface area (Å²) in [5, 5.41) is 4.28. The Morgan fingerprint density at radius 1 is 1.36 bits per heavy atom. The van der Waals surface area contributed by atoms with Crippen molar-refractivity contribution in [3.8, 4) is 11.3 Å². The Labute approximate surface area is 130 Å². The Kier molecular flexibility index (Phi) is 4.18. The van der Waals surface area contributed by atoms with E-state index in [0.717, 1.165) is 49.4 Å². The van der Waals surface area contributed by atoms with Crippen molar-refractivity contribution in [1.29, 1.82) is 0 Å². The molecule has 2 aromatic rings. The van der Waals surface area contributed by atoms with Crippen molar-refractivity contribution < 1.29 is 4.79 Å². The third kappa shape index (κ3) is 3.16. The molecule has 1 saturated heterocycles. The minimum Gasteiger partial charge on any atom is -0.343 e. The fraction of sp³-hybridized carbons (Fsp3) is 0.500. The van der Waals surface area contributed by atoms with Crippen LogP contribution >= 0.6 is 0 Å². The molecule has 22 heavy (non-hydrogen) atoms. The van der Waals surface area contributed by atoms with Crippen LogP contribution in [0.15, 0.2) is 24.8 Å². The highest BCUT2D eigenvalue weighted by molar-refractivity contribution is 5.73. The largest absolute Gasteiger partial charge is 0.343 e. The van der Waals surface area contributed by atoms with Gasteiger partial charge in [-0.15, -0.1) is 0 Å². The van der Waals surface area contributed by atoms with Crippen LogP contribution in [-0.2, 0) is 17.8 Å². The van der Waals surface area contributed by atoms with Crippen LogP contribution in [0.4, 0.5) is 0 Å². The number of aryl methyl sites for hydroxylation is 1. The summed E-state index contributed by atoms with van der Waals surface area (Å²) in [5.74, 6) is 0.640. The normalized spacial score (nSPS) is 17.9. The van der Waals surface area contributed by atoms with E-state index in [1.165, 1.54) is 0 Å². The monoisotopic (exact) mass is 299 g/mol. The van der Waals surface area contributed by atoms with Gasteiger partial charge in [-0.2, -0.15) is 5.10 Å². The molecule has 1 unspecified atom stereocenters. The third-order valence-corrected chi connectivity index (χ3v) is 4.17. The number of hydrogen-bond donors (Lipinski definition) is 0. The van der Waals surface area contributed by atoms with Crippen LogP contribution in [0.2, 0.25) is 0 Å². The Morgan fingerprint density at radius 3 is 2.91 bits per heavy atom. The summed E-state index contributed by atoms with van der Waals surface area (Å²) in [7, 11) is 0. The molecule has 0 bridgehead atoms. The number of aromatic nitrogens is 4. The van der Waals surface area contributed by atoms with E-state index in [0.29, 0.717) is 5.92 Å². The molecule has 1 aliphatic heterocycles. The Hall–Kier alpha value is -2.24. The van der Waals surface area contributed by atoms with Gasteiger partial charge in [-0.1, -0.05) is 0 Å². The van der Waals surface area contributed by atoms with Crippen molar-refractivity contribution in [1.82, 2.24) is 24.6 Å². The topological polar surface area (TPSA) is 63.9 Å². The molecule has 1 fully saturated rings. The van der Waals surface area contributed by atoms with E-state index < -0.39 is 0 Å². The quantitative estimate of drug-likeness (QED) is 0.863. The molecule has 0 radical (unpaired) electrons. The first kappa shape index (κ1) is 14.7. The van der Waals surface area contributed by atoms with Crippen LogP contribution in [0.1, 0.15) is 26.0 Å². The maximum absolute atomic E-state index is 11.4. The van der Waals surface area contributed by atoms with E-state index in [1.807, 2.05) is 28.2 Å². The van der Waals surface area contributed by atoms with Crippen LogP contribution < -0.4 is 0 Å². The number of hydrogen-bond acceptors (Lipinski definition) is 4. The first-order valence-electron chi connectivity index (χ1n) is 7.75. The van der Waals surface area contributed by atoms with E-state index in [1.54, 1.807) is 13.1 Å². The van der Waals surface area contributed by atoms with Crippen molar-refractivity contribution in [3.05, 3.63) is 30.5 Å². The van der Waals surface area contributed by atoms with E-state index in [4.69, 9.17) is 4.98 Å². The number of amides is 1. The Balaban J connectivity index is 1.70. The molecule has 0 spiro atoms. The van der Waals surface area contributed by atoms with Crippen molar-refractivity contribution in [2.75, 3.05) is 13.1 Å².